The number of halogens is 2. The van der Waals surface area contributed by atoms with Gasteiger partial charge in [-0.25, -0.2) is 16.8 Å². The zero-order valence-electron chi connectivity index (χ0n) is 18.6. The van der Waals surface area contributed by atoms with E-state index in [-0.39, 0.29) is 32.1 Å². The van der Waals surface area contributed by atoms with E-state index in [0.29, 0.717) is 13.1 Å². The Kier molecular flexibility index (Phi) is 8.35. The van der Waals surface area contributed by atoms with Crippen molar-refractivity contribution in [1.82, 2.24) is 4.31 Å². The van der Waals surface area contributed by atoms with Crippen molar-refractivity contribution in [3.8, 4) is 5.75 Å². The van der Waals surface area contributed by atoms with Gasteiger partial charge in [-0.15, -0.1) is 0 Å². The minimum absolute atomic E-state index is 0.00311. The van der Waals surface area contributed by atoms with Gasteiger partial charge in [0.25, 0.3) is 0 Å². The van der Waals surface area contributed by atoms with E-state index in [2.05, 4.69) is 5.32 Å². The summed E-state index contributed by atoms with van der Waals surface area (Å²) in [6.07, 6.45) is 3.48. The summed E-state index contributed by atoms with van der Waals surface area (Å²) in [7, 11) is -6.29. The van der Waals surface area contributed by atoms with Gasteiger partial charge in [-0.1, -0.05) is 29.6 Å². The summed E-state index contributed by atoms with van der Waals surface area (Å²) in [5.41, 5.74) is 0.136. The lowest BCUT2D eigenvalue weighted by Crippen LogP contribution is -2.38. The SMILES string of the molecule is COc1ccc(S(=O)(=O)N2CCCCC2)cc1NC(=O)CN(c1cc(Cl)ccc1Cl)S(C)(=O)=O. The maximum absolute atomic E-state index is 13.0. The highest BCUT2D eigenvalue weighted by Crippen LogP contribution is 2.32. The second-order valence-corrected chi connectivity index (χ2v) is 12.4. The summed E-state index contributed by atoms with van der Waals surface area (Å²) >= 11 is 12.1. The molecule has 1 N–H and O–H groups in total. The fraction of sp³-hybridized carbons (Fsp3) is 0.381. The van der Waals surface area contributed by atoms with Gasteiger partial charge >= 0.3 is 0 Å². The normalized spacial score (nSPS) is 15.1. The molecule has 0 spiro atoms. The molecule has 34 heavy (non-hydrogen) atoms. The van der Waals surface area contributed by atoms with Crippen LogP contribution < -0.4 is 14.4 Å². The van der Waals surface area contributed by atoms with Crippen molar-refractivity contribution in [2.75, 3.05) is 42.6 Å². The average molecular weight is 550 g/mol. The van der Waals surface area contributed by atoms with Crippen LogP contribution in [0.5, 0.6) is 5.75 Å². The molecule has 2 aromatic carbocycles. The van der Waals surface area contributed by atoms with Crippen LogP contribution in [-0.4, -0.2) is 60.0 Å². The summed E-state index contributed by atoms with van der Waals surface area (Å²) in [6, 6.07) is 8.41. The molecule has 0 aliphatic carbocycles. The fourth-order valence-corrected chi connectivity index (χ4v) is 6.42. The maximum atomic E-state index is 13.0. The average Bonchev–Trinajstić information content (AvgIpc) is 2.79. The predicted molar refractivity (Wildman–Crippen MR) is 133 cm³/mol. The van der Waals surface area contributed by atoms with E-state index in [1.54, 1.807) is 0 Å². The number of carbonyl (C=O) groups is 1. The third kappa shape index (κ3) is 6.14. The van der Waals surface area contributed by atoms with Gasteiger partial charge in [0.2, 0.25) is 26.0 Å². The molecule has 0 atom stereocenters. The van der Waals surface area contributed by atoms with Gasteiger partial charge in [0, 0.05) is 18.1 Å². The molecule has 0 unspecified atom stereocenters. The molecule has 0 aromatic heterocycles. The van der Waals surface area contributed by atoms with E-state index >= 15 is 0 Å². The zero-order chi connectivity index (χ0) is 25.1. The summed E-state index contributed by atoms with van der Waals surface area (Å²) in [5, 5.41) is 2.89. The van der Waals surface area contributed by atoms with Crippen molar-refractivity contribution in [1.29, 1.82) is 0 Å². The molecular formula is C21H25Cl2N3O6S2. The van der Waals surface area contributed by atoms with E-state index in [9.17, 15) is 21.6 Å². The number of sulfonamides is 2. The monoisotopic (exact) mass is 549 g/mol. The van der Waals surface area contributed by atoms with Crippen LogP contribution in [0.1, 0.15) is 19.3 Å². The maximum Gasteiger partial charge on any atom is 0.245 e. The number of benzene rings is 2. The lowest BCUT2D eigenvalue weighted by molar-refractivity contribution is -0.114. The first-order valence-corrected chi connectivity index (χ1v) is 14.4. The van der Waals surface area contributed by atoms with E-state index in [1.165, 1.54) is 47.8 Å². The third-order valence-corrected chi connectivity index (χ3v) is 8.84. The molecule has 9 nitrogen and oxygen atoms in total. The van der Waals surface area contributed by atoms with Crippen molar-refractivity contribution in [3.05, 3.63) is 46.4 Å². The van der Waals surface area contributed by atoms with Gasteiger partial charge in [0.15, 0.2) is 0 Å². The highest BCUT2D eigenvalue weighted by atomic mass is 35.5. The molecule has 1 amide bonds. The van der Waals surface area contributed by atoms with E-state index in [1.807, 2.05) is 0 Å². The molecule has 13 heteroatoms. The lowest BCUT2D eigenvalue weighted by atomic mass is 10.2. The van der Waals surface area contributed by atoms with Crippen molar-refractivity contribution in [2.24, 2.45) is 0 Å². The predicted octanol–water partition coefficient (Wildman–Crippen LogP) is 3.58. The Morgan fingerprint density at radius 1 is 1.06 bits per heavy atom. The molecular weight excluding hydrogens is 525 g/mol. The molecule has 3 rings (SSSR count). The van der Waals surface area contributed by atoms with Crippen LogP contribution in [0.25, 0.3) is 0 Å². The number of hydrogen-bond acceptors (Lipinski definition) is 6. The smallest absolute Gasteiger partial charge is 0.245 e. The van der Waals surface area contributed by atoms with Crippen molar-refractivity contribution in [3.63, 3.8) is 0 Å². The molecule has 0 saturated carbocycles. The highest BCUT2D eigenvalue weighted by molar-refractivity contribution is 7.92. The summed E-state index contributed by atoms with van der Waals surface area (Å²) in [4.78, 5) is 12.9. The first-order chi connectivity index (χ1) is 15.9. The molecule has 1 fully saturated rings. The number of nitrogens with one attached hydrogen (secondary N) is 1. The molecule has 2 aromatic rings. The number of anilines is 2. The Hall–Kier alpha value is -2.05. The van der Waals surface area contributed by atoms with Crippen molar-refractivity contribution >= 4 is 60.5 Å². The second kappa shape index (κ2) is 10.7. The number of carbonyl (C=O) groups excluding carboxylic acids is 1. The molecule has 1 aliphatic rings. The molecule has 0 radical (unpaired) electrons. The topological polar surface area (TPSA) is 113 Å². The molecule has 1 heterocycles. The molecule has 186 valence electrons. The number of methoxy groups -OCH3 is 1. The Bertz CT molecular complexity index is 1280. The fourth-order valence-electron chi connectivity index (χ4n) is 3.58. The van der Waals surface area contributed by atoms with Crippen LogP contribution in [-0.2, 0) is 24.8 Å². The molecule has 1 aliphatic heterocycles. The van der Waals surface area contributed by atoms with Crippen LogP contribution in [0.4, 0.5) is 11.4 Å². The minimum Gasteiger partial charge on any atom is -0.495 e. The first kappa shape index (κ1) is 26.6. The van der Waals surface area contributed by atoms with E-state index in [4.69, 9.17) is 27.9 Å². The van der Waals surface area contributed by atoms with Gasteiger partial charge in [-0.05, 0) is 49.2 Å². The van der Waals surface area contributed by atoms with Gasteiger partial charge in [-0.3, -0.25) is 9.10 Å². The van der Waals surface area contributed by atoms with Crippen LogP contribution in [0.15, 0.2) is 41.3 Å². The quantitative estimate of drug-likeness (QED) is 0.538. The number of nitrogens with zero attached hydrogens (tertiary/aromatic N) is 2. The molecule has 1 saturated heterocycles. The molecule has 0 bridgehead atoms. The van der Waals surface area contributed by atoms with Gasteiger partial charge in [0.05, 0.1) is 34.7 Å². The van der Waals surface area contributed by atoms with Crippen molar-refractivity contribution in [2.45, 2.75) is 24.2 Å². The number of rotatable bonds is 8. The number of amides is 1. The minimum atomic E-state index is -3.91. The number of piperidine rings is 1. The highest BCUT2D eigenvalue weighted by Gasteiger charge is 2.28. The summed E-state index contributed by atoms with van der Waals surface area (Å²) < 4.78 is 58.4. The van der Waals surface area contributed by atoms with Crippen molar-refractivity contribution < 1.29 is 26.4 Å². The van der Waals surface area contributed by atoms with Crippen LogP contribution in [0.2, 0.25) is 10.0 Å². The van der Waals surface area contributed by atoms with Crippen LogP contribution >= 0.6 is 23.2 Å². The Labute approximate surface area is 209 Å². The van der Waals surface area contributed by atoms with Crippen LogP contribution in [0, 0.1) is 0 Å². The number of ether oxygens (including phenoxy) is 1. The second-order valence-electron chi connectivity index (χ2n) is 7.74. The third-order valence-electron chi connectivity index (χ3n) is 5.26. The lowest BCUT2D eigenvalue weighted by Gasteiger charge is -2.26. The van der Waals surface area contributed by atoms with E-state index < -0.39 is 32.5 Å². The van der Waals surface area contributed by atoms with Gasteiger partial charge < -0.3 is 10.1 Å². The Balaban J connectivity index is 1.89. The summed E-state index contributed by atoms with van der Waals surface area (Å²) in [5.74, 6) is -0.509. The van der Waals surface area contributed by atoms with Gasteiger partial charge in [-0.2, -0.15) is 4.31 Å². The Morgan fingerprint density at radius 3 is 2.35 bits per heavy atom. The zero-order valence-corrected chi connectivity index (χ0v) is 21.8. The Morgan fingerprint density at radius 2 is 1.74 bits per heavy atom. The number of hydrogen-bond donors (Lipinski definition) is 1. The largest absolute Gasteiger partial charge is 0.495 e. The van der Waals surface area contributed by atoms with Crippen LogP contribution in [0.3, 0.4) is 0 Å². The first-order valence-electron chi connectivity index (χ1n) is 10.3. The van der Waals surface area contributed by atoms with Gasteiger partial charge in [0.1, 0.15) is 12.3 Å². The summed E-state index contributed by atoms with van der Waals surface area (Å²) in [6.45, 7) is 0.241. The standard InChI is InChI=1S/C21H25Cl2N3O6S2/c1-32-20-9-7-16(34(30,31)25-10-4-3-5-11-25)13-18(20)24-21(27)14-26(33(2,28)29)19-12-15(22)6-8-17(19)23/h6-9,12-13H,3-5,10-11,14H2,1-2H3,(H,24,27). The van der Waals surface area contributed by atoms with E-state index in [0.717, 1.165) is 29.8 Å².